The van der Waals surface area contributed by atoms with Gasteiger partial charge in [0.15, 0.2) is 5.71 Å². The van der Waals surface area contributed by atoms with Gasteiger partial charge < -0.3 is 14.9 Å². The van der Waals surface area contributed by atoms with Gasteiger partial charge in [-0.1, -0.05) is 53.2 Å². The normalized spacial score (nSPS) is 10.9. The maximum atomic E-state index is 12.7. The third-order valence-electron chi connectivity index (χ3n) is 3.54. The summed E-state index contributed by atoms with van der Waals surface area (Å²) < 4.78 is 31.0. The molecule has 0 atom stereocenters. The van der Waals surface area contributed by atoms with Crippen LogP contribution >= 0.6 is 11.6 Å². The number of nitrogens with one attached hydrogen (secondary N) is 1. The number of hydrogen-bond donors (Lipinski definition) is 1. The lowest BCUT2D eigenvalue weighted by Crippen LogP contribution is -2.29. The number of halogens is 3. The molecule has 0 fully saturated rings. The van der Waals surface area contributed by atoms with Crippen molar-refractivity contribution in [2.75, 3.05) is 14.2 Å². The summed E-state index contributed by atoms with van der Waals surface area (Å²) in [6.45, 7) is 0.0821. The first-order valence-corrected chi connectivity index (χ1v) is 8.21. The van der Waals surface area contributed by atoms with E-state index in [0.29, 0.717) is 16.9 Å². The number of oxime groups is 1. The minimum atomic E-state index is -1.97. The lowest BCUT2D eigenvalue weighted by Gasteiger charge is -2.12. The highest BCUT2D eigenvalue weighted by molar-refractivity contribution is 6.49. The number of rotatable bonds is 7. The molecule has 0 unspecified atom stereocenters. The third-order valence-corrected chi connectivity index (χ3v) is 3.91. The Morgan fingerprint density at radius 3 is 2.59 bits per heavy atom. The van der Waals surface area contributed by atoms with Crippen LogP contribution in [0.2, 0.25) is 0 Å². The molecule has 1 amide bonds. The van der Waals surface area contributed by atoms with Gasteiger partial charge in [0.2, 0.25) is 0 Å². The van der Waals surface area contributed by atoms with Crippen molar-refractivity contribution in [3.05, 3.63) is 71.3 Å². The highest BCUT2D eigenvalue weighted by Crippen LogP contribution is 2.28. The monoisotopic (exact) mass is 394 g/mol. The number of amides is 1. The number of likely N-dealkylation sites (N-methyl/N-ethyl adjacent to an activating group) is 1. The van der Waals surface area contributed by atoms with Gasteiger partial charge in [0.05, 0.1) is 0 Å². The highest BCUT2D eigenvalue weighted by Gasteiger charge is 2.17. The van der Waals surface area contributed by atoms with Crippen LogP contribution in [0.15, 0.2) is 59.8 Å². The van der Waals surface area contributed by atoms with E-state index in [0.717, 1.165) is 0 Å². The molecule has 0 heterocycles. The number of carbonyl (C=O) groups excluding carboxylic acids is 1. The van der Waals surface area contributed by atoms with Gasteiger partial charge in [-0.15, -0.1) is 0 Å². The van der Waals surface area contributed by atoms with Crippen LogP contribution < -0.4 is 10.1 Å². The number of carbonyl (C=O) groups is 1. The molecule has 0 saturated heterocycles. The molecule has 0 saturated carbocycles. The minimum Gasteiger partial charge on any atom is -0.489 e. The van der Waals surface area contributed by atoms with Crippen molar-refractivity contribution in [3.63, 3.8) is 0 Å². The Labute approximate surface area is 160 Å². The molecule has 5 nitrogen and oxygen atoms in total. The van der Waals surface area contributed by atoms with E-state index in [1.807, 2.05) is 0 Å². The lowest BCUT2D eigenvalue weighted by atomic mass is 10.0. The van der Waals surface area contributed by atoms with Crippen LogP contribution in [0.3, 0.4) is 0 Å². The smallest absolute Gasteiger partial charge is 0.289 e. The first-order valence-electron chi connectivity index (χ1n) is 7.83. The topological polar surface area (TPSA) is 59.9 Å². The SMILES string of the molecule is CNC(=O)/C(=N/OC)c1ccccc1COc1cccc(C(Cl)=C(F)F)c1. The van der Waals surface area contributed by atoms with Gasteiger partial charge >= 0.3 is 0 Å². The standard InChI is InChI=1S/C19H17ClF2N2O3/c1-23-19(25)17(24-26-2)15-9-4-3-6-13(15)11-27-14-8-5-7-12(10-14)16(20)18(21)22/h3-10H,11H2,1-2H3,(H,23,25)/b24-17+. The Morgan fingerprint density at radius 1 is 1.19 bits per heavy atom. The molecule has 0 aliphatic heterocycles. The number of hydrogen-bond acceptors (Lipinski definition) is 4. The van der Waals surface area contributed by atoms with E-state index in [-0.39, 0.29) is 17.9 Å². The van der Waals surface area contributed by atoms with Gasteiger partial charge in [0.1, 0.15) is 24.5 Å². The summed E-state index contributed by atoms with van der Waals surface area (Å²) in [5.41, 5.74) is 1.44. The molecule has 142 valence electrons. The van der Waals surface area contributed by atoms with Crippen molar-refractivity contribution < 1.29 is 23.1 Å². The predicted octanol–water partition coefficient (Wildman–Crippen LogP) is 4.17. The van der Waals surface area contributed by atoms with Crippen molar-refractivity contribution in [2.45, 2.75) is 6.61 Å². The van der Waals surface area contributed by atoms with Crippen LogP contribution in [0.5, 0.6) is 5.75 Å². The van der Waals surface area contributed by atoms with Crippen molar-refractivity contribution in [1.29, 1.82) is 0 Å². The van der Waals surface area contributed by atoms with Crippen LogP contribution in [-0.2, 0) is 16.2 Å². The highest BCUT2D eigenvalue weighted by atomic mass is 35.5. The van der Waals surface area contributed by atoms with Crippen LogP contribution in [-0.4, -0.2) is 25.8 Å². The summed E-state index contributed by atoms with van der Waals surface area (Å²) >= 11 is 5.58. The minimum absolute atomic E-state index is 0.0821. The van der Waals surface area contributed by atoms with E-state index in [2.05, 4.69) is 10.5 Å². The van der Waals surface area contributed by atoms with E-state index in [1.165, 1.54) is 26.3 Å². The molecule has 2 rings (SSSR count). The Balaban J connectivity index is 2.28. The van der Waals surface area contributed by atoms with Crippen LogP contribution in [0.4, 0.5) is 8.78 Å². The zero-order chi connectivity index (χ0) is 19.8. The molecule has 8 heteroatoms. The molecule has 0 aliphatic carbocycles. The van der Waals surface area contributed by atoms with Gasteiger partial charge in [0, 0.05) is 18.2 Å². The van der Waals surface area contributed by atoms with E-state index < -0.39 is 17.0 Å². The van der Waals surface area contributed by atoms with Gasteiger partial charge in [-0.25, -0.2) is 0 Å². The number of ether oxygens (including phenoxy) is 1. The first kappa shape index (κ1) is 20.4. The fraction of sp³-hybridized carbons (Fsp3) is 0.158. The summed E-state index contributed by atoms with van der Waals surface area (Å²) in [6, 6.07) is 13.1. The molecular formula is C19H17ClF2N2O3. The fourth-order valence-electron chi connectivity index (χ4n) is 2.29. The third kappa shape index (κ3) is 5.27. The summed E-state index contributed by atoms with van der Waals surface area (Å²) in [5.74, 6) is -0.0616. The summed E-state index contributed by atoms with van der Waals surface area (Å²) in [7, 11) is 2.83. The average Bonchev–Trinajstić information content (AvgIpc) is 2.69. The molecule has 0 aliphatic rings. The zero-order valence-corrected chi connectivity index (χ0v) is 15.4. The zero-order valence-electron chi connectivity index (χ0n) is 14.6. The maximum absolute atomic E-state index is 12.7. The largest absolute Gasteiger partial charge is 0.489 e. The van der Waals surface area contributed by atoms with Gasteiger partial charge in [0.25, 0.3) is 12.0 Å². The van der Waals surface area contributed by atoms with E-state index >= 15 is 0 Å². The van der Waals surface area contributed by atoms with Crippen LogP contribution in [0, 0.1) is 0 Å². The summed E-state index contributed by atoms with van der Waals surface area (Å²) in [6.07, 6.45) is -1.97. The van der Waals surface area contributed by atoms with Crippen molar-refractivity contribution in [3.8, 4) is 5.75 Å². The summed E-state index contributed by atoms with van der Waals surface area (Å²) in [4.78, 5) is 16.8. The molecule has 0 radical (unpaired) electrons. The van der Waals surface area contributed by atoms with E-state index in [1.54, 1.807) is 36.4 Å². The number of nitrogens with zero attached hydrogens (tertiary/aromatic N) is 1. The Hall–Kier alpha value is -2.93. The van der Waals surface area contributed by atoms with Crippen molar-refractivity contribution >= 4 is 28.3 Å². The Kier molecular flexibility index (Phi) is 7.31. The second-order valence-corrected chi connectivity index (χ2v) is 5.63. The van der Waals surface area contributed by atoms with Gasteiger partial charge in [-0.2, -0.15) is 8.78 Å². The molecule has 0 spiro atoms. The fourth-order valence-corrected chi connectivity index (χ4v) is 2.41. The Morgan fingerprint density at radius 2 is 1.93 bits per heavy atom. The van der Waals surface area contributed by atoms with Crippen LogP contribution in [0.25, 0.3) is 5.03 Å². The first-order chi connectivity index (χ1) is 13.0. The molecule has 2 aromatic rings. The number of benzene rings is 2. The molecule has 1 N–H and O–H groups in total. The molecular weight excluding hydrogens is 378 g/mol. The molecule has 27 heavy (non-hydrogen) atoms. The molecule has 2 aromatic carbocycles. The molecule has 0 aromatic heterocycles. The van der Waals surface area contributed by atoms with E-state index in [4.69, 9.17) is 21.2 Å². The average molecular weight is 395 g/mol. The second-order valence-electron chi connectivity index (χ2n) is 5.25. The molecule has 0 bridgehead atoms. The van der Waals surface area contributed by atoms with Crippen LogP contribution in [0.1, 0.15) is 16.7 Å². The van der Waals surface area contributed by atoms with E-state index in [9.17, 15) is 13.6 Å². The summed E-state index contributed by atoms with van der Waals surface area (Å²) in [5, 5.41) is 5.65. The van der Waals surface area contributed by atoms with Crippen molar-refractivity contribution in [1.82, 2.24) is 5.32 Å². The van der Waals surface area contributed by atoms with Gasteiger partial charge in [-0.3, -0.25) is 4.79 Å². The quantitative estimate of drug-likeness (QED) is 0.566. The lowest BCUT2D eigenvalue weighted by molar-refractivity contribution is -0.114. The Bertz CT molecular complexity index is 881. The van der Waals surface area contributed by atoms with Gasteiger partial charge in [-0.05, 0) is 17.7 Å². The second kappa shape index (κ2) is 9.68. The van der Waals surface area contributed by atoms with Crippen molar-refractivity contribution in [2.24, 2.45) is 5.16 Å². The predicted molar refractivity (Wildman–Crippen MR) is 99.8 cm³/mol. The maximum Gasteiger partial charge on any atom is 0.289 e.